The number of carbonyl (C=O) groups excluding carboxylic acids is 1. The molecule has 0 atom stereocenters. The maximum Gasteiger partial charge on any atom is 0.276 e. The van der Waals surface area contributed by atoms with Crippen LogP contribution in [0.3, 0.4) is 0 Å². The quantitative estimate of drug-likeness (QED) is 0.215. The van der Waals surface area contributed by atoms with Gasteiger partial charge in [-0.2, -0.15) is 0 Å². The van der Waals surface area contributed by atoms with Crippen LogP contribution in [-0.4, -0.2) is 43.3 Å². The van der Waals surface area contributed by atoms with Crippen molar-refractivity contribution in [3.05, 3.63) is 60.6 Å². The fraction of sp³-hybridized carbons (Fsp3) is 0.273. The van der Waals surface area contributed by atoms with E-state index in [2.05, 4.69) is 53.1 Å². The van der Waals surface area contributed by atoms with Gasteiger partial charge in [0.15, 0.2) is 5.11 Å². The molecule has 2 aromatic carbocycles. The number of hydrogen-bond donors (Lipinski definition) is 1. The SMILES string of the molecule is COCCCN1C(=O)/C(=C\c2ccc(OC)c(COc3c(Br)cc(Br)cc3Br)c2)NC1=S. The number of rotatable bonds is 9. The molecule has 1 aliphatic heterocycles. The van der Waals surface area contributed by atoms with Crippen molar-refractivity contribution in [3.63, 3.8) is 0 Å². The molecule has 1 heterocycles. The van der Waals surface area contributed by atoms with Crippen LogP contribution in [0.4, 0.5) is 0 Å². The maximum atomic E-state index is 12.7. The van der Waals surface area contributed by atoms with Gasteiger partial charge in [0.05, 0.1) is 16.1 Å². The lowest BCUT2D eigenvalue weighted by atomic mass is 10.1. The van der Waals surface area contributed by atoms with Gasteiger partial charge >= 0.3 is 0 Å². The number of hydrogen-bond acceptors (Lipinski definition) is 5. The van der Waals surface area contributed by atoms with Gasteiger partial charge < -0.3 is 19.5 Å². The normalized spacial score (nSPS) is 14.8. The Bertz CT molecular complexity index is 1040. The average Bonchev–Trinajstić information content (AvgIpc) is 3.00. The molecular weight excluding hydrogens is 628 g/mol. The highest BCUT2D eigenvalue weighted by Crippen LogP contribution is 2.37. The van der Waals surface area contributed by atoms with Gasteiger partial charge in [-0.25, -0.2) is 0 Å². The van der Waals surface area contributed by atoms with E-state index in [0.29, 0.717) is 41.9 Å². The van der Waals surface area contributed by atoms with Crippen LogP contribution in [0.15, 0.2) is 49.4 Å². The van der Waals surface area contributed by atoms with E-state index in [4.69, 9.17) is 26.4 Å². The molecule has 1 saturated heterocycles. The zero-order valence-corrected chi connectivity index (χ0v) is 23.0. The third-order valence-electron chi connectivity index (χ3n) is 4.64. The van der Waals surface area contributed by atoms with E-state index in [9.17, 15) is 4.79 Å². The number of amides is 1. The van der Waals surface area contributed by atoms with Crippen LogP contribution in [0, 0.1) is 0 Å². The molecule has 0 aromatic heterocycles. The second-order valence-corrected chi connectivity index (χ2v) is 9.86. The van der Waals surface area contributed by atoms with E-state index in [-0.39, 0.29) is 12.5 Å². The van der Waals surface area contributed by atoms with E-state index in [1.54, 1.807) is 25.2 Å². The Morgan fingerprint density at radius 3 is 2.50 bits per heavy atom. The molecule has 10 heteroatoms. The molecule has 2 aromatic rings. The van der Waals surface area contributed by atoms with E-state index in [0.717, 1.165) is 24.5 Å². The monoisotopic (exact) mass is 646 g/mol. The Labute approximate surface area is 217 Å². The Kier molecular flexibility index (Phi) is 9.13. The largest absolute Gasteiger partial charge is 0.496 e. The van der Waals surface area contributed by atoms with Crippen molar-refractivity contribution in [2.75, 3.05) is 27.4 Å². The van der Waals surface area contributed by atoms with Crippen LogP contribution in [0.1, 0.15) is 17.5 Å². The second-order valence-electron chi connectivity index (χ2n) is 6.85. The Hall–Kier alpha value is -1.46. The van der Waals surface area contributed by atoms with Crippen molar-refractivity contribution in [3.8, 4) is 11.5 Å². The third-order valence-corrected chi connectivity index (χ3v) is 6.60. The Balaban J connectivity index is 1.79. The topological polar surface area (TPSA) is 60.0 Å². The summed E-state index contributed by atoms with van der Waals surface area (Å²) in [5.74, 6) is 1.23. The predicted molar refractivity (Wildman–Crippen MR) is 139 cm³/mol. The first-order chi connectivity index (χ1) is 15.3. The van der Waals surface area contributed by atoms with Gasteiger partial charge in [0.25, 0.3) is 5.91 Å². The molecule has 1 fully saturated rings. The summed E-state index contributed by atoms with van der Waals surface area (Å²) in [4.78, 5) is 14.3. The highest BCUT2D eigenvalue weighted by atomic mass is 79.9. The summed E-state index contributed by atoms with van der Waals surface area (Å²) in [6.45, 7) is 1.36. The fourth-order valence-electron chi connectivity index (χ4n) is 3.13. The first-order valence-corrected chi connectivity index (χ1v) is 12.4. The van der Waals surface area contributed by atoms with Crippen LogP contribution < -0.4 is 14.8 Å². The molecule has 0 radical (unpaired) electrons. The Morgan fingerprint density at radius 1 is 1.12 bits per heavy atom. The minimum absolute atomic E-state index is 0.151. The molecule has 0 spiro atoms. The number of ether oxygens (including phenoxy) is 3. The summed E-state index contributed by atoms with van der Waals surface area (Å²) in [6, 6.07) is 9.49. The number of nitrogens with zero attached hydrogens (tertiary/aromatic N) is 1. The maximum absolute atomic E-state index is 12.7. The fourth-order valence-corrected chi connectivity index (χ4v) is 5.90. The van der Waals surface area contributed by atoms with Crippen LogP contribution in [0.2, 0.25) is 0 Å². The molecular formula is C22H21Br3N2O4S. The second kappa shape index (κ2) is 11.6. The zero-order valence-electron chi connectivity index (χ0n) is 17.4. The van der Waals surface area contributed by atoms with Crippen LogP contribution >= 0.6 is 60.0 Å². The molecule has 3 rings (SSSR count). The standard InChI is InChI=1S/C22H21Br3N2O4S/c1-29-7-3-6-27-21(28)18(26-22(27)32)9-13-4-5-19(30-2)14(8-13)12-31-20-16(24)10-15(23)11-17(20)25/h4-5,8-11H,3,6-7,12H2,1-2H3,(H,26,32)/b18-9+. The molecule has 1 aliphatic rings. The summed E-state index contributed by atoms with van der Waals surface area (Å²) in [5.41, 5.74) is 2.10. The van der Waals surface area contributed by atoms with Gasteiger partial charge in [-0.15, -0.1) is 0 Å². The summed E-state index contributed by atoms with van der Waals surface area (Å²) >= 11 is 15.8. The number of carbonyl (C=O) groups is 1. The first kappa shape index (κ1) is 25.2. The van der Waals surface area contributed by atoms with Crippen molar-refractivity contribution in [1.82, 2.24) is 10.2 Å². The van der Waals surface area contributed by atoms with Crippen molar-refractivity contribution >= 4 is 77.1 Å². The molecule has 1 amide bonds. The molecule has 1 N–H and O–H groups in total. The van der Waals surface area contributed by atoms with Gasteiger partial charge in [0.1, 0.15) is 23.8 Å². The molecule has 0 unspecified atom stereocenters. The van der Waals surface area contributed by atoms with Crippen LogP contribution in [0.5, 0.6) is 11.5 Å². The lowest BCUT2D eigenvalue weighted by Crippen LogP contribution is -2.32. The lowest BCUT2D eigenvalue weighted by molar-refractivity contribution is -0.122. The van der Waals surface area contributed by atoms with Crippen molar-refractivity contribution in [2.24, 2.45) is 0 Å². The minimum Gasteiger partial charge on any atom is -0.496 e. The number of benzene rings is 2. The Morgan fingerprint density at radius 2 is 1.84 bits per heavy atom. The van der Waals surface area contributed by atoms with Crippen LogP contribution in [0.25, 0.3) is 6.08 Å². The van der Waals surface area contributed by atoms with Gasteiger partial charge in [0.2, 0.25) is 0 Å². The highest BCUT2D eigenvalue weighted by Gasteiger charge is 2.30. The molecule has 0 saturated carbocycles. The van der Waals surface area contributed by atoms with Crippen molar-refractivity contribution < 1.29 is 19.0 Å². The summed E-state index contributed by atoms with van der Waals surface area (Å²) in [6.07, 6.45) is 2.49. The van der Waals surface area contributed by atoms with Crippen molar-refractivity contribution in [1.29, 1.82) is 0 Å². The number of thiocarbonyl (C=S) groups is 1. The van der Waals surface area contributed by atoms with E-state index in [1.807, 2.05) is 30.3 Å². The van der Waals surface area contributed by atoms with Gasteiger partial charge in [0, 0.05) is 30.3 Å². The van der Waals surface area contributed by atoms with Crippen LogP contribution in [-0.2, 0) is 16.1 Å². The summed E-state index contributed by atoms with van der Waals surface area (Å²) < 4.78 is 19.2. The van der Waals surface area contributed by atoms with Gasteiger partial charge in [-0.05, 0) is 86.4 Å². The van der Waals surface area contributed by atoms with Crippen molar-refractivity contribution in [2.45, 2.75) is 13.0 Å². The zero-order chi connectivity index (χ0) is 23.3. The predicted octanol–water partition coefficient (Wildman–Crippen LogP) is 5.66. The van der Waals surface area contributed by atoms with E-state index in [1.165, 1.54) is 0 Å². The number of nitrogens with one attached hydrogen (secondary N) is 1. The lowest BCUT2D eigenvalue weighted by Gasteiger charge is -2.14. The van der Waals surface area contributed by atoms with Gasteiger partial charge in [-0.3, -0.25) is 9.69 Å². The summed E-state index contributed by atoms with van der Waals surface area (Å²) in [7, 11) is 3.24. The van der Waals surface area contributed by atoms with Gasteiger partial charge in [-0.1, -0.05) is 22.0 Å². The molecule has 0 aliphatic carbocycles. The number of methoxy groups -OCH3 is 2. The molecule has 0 bridgehead atoms. The third kappa shape index (κ3) is 6.11. The smallest absolute Gasteiger partial charge is 0.276 e. The number of halogens is 3. The van der Waals surface area contributed by atoms with E-state index >= 15 is 0 Å². The van der Waals surface area contributed by atoms with E-state index < -0.39 is 0 Å². The first-order valence-electron chi connectivity index (χ1n) is 9.61. The minimum atomic E-state index is -0.151. The average molecular weight is 649 g/mol. The highest BCUT2D eigenvalue weighted by molar-refractivity contribution is 9.11. The summed E-state index contributed by atoms with van der Waals surface area (Å²) in [5, 5.41) is 3.41. The molecule has 170 valence electrons. The molecule has 32 heavy (non-hydrogen) atoms. The molecule has 6 nitrogen and oxygen atoms in total.